The van der Waals surface area contributed by atoms with Gasteiger partial charge in [0.2, 0.25) is 0 Å². The summed E-state index contributed by atoms with van der Waals surface area (Å²) in [6, 6.07) is 10.1. The van der Waals surface area contributed by atoms with Crippen LogP contribution in [-0.2, 0) is 4.74 Å². The van der Waals surface area contributed by atoms with Gasteiger partial charge in [-0.15, -0.1) is 11.3 Å². The van der Waals surface area contributed by atoms with E-state index in [2.05, 4.69) is 28.4 Å². The topological polar surface area (TPSA) is 61.8 Å². The smallest absolute Gasteiger partial charge is 0.160 e. The monoisotopic (exact) mass is 410 g/mol. The van der Waals surface area contributed by atoms with Gasteiger partial charge in [0.05, 0.1) is 23.1 Å². The fourth-order valence-corrected chi connectivity index (χ4v) is 4.41. The quantitative estimate of drug-likeness (QED) is 0.685. The molecule has 0 aliphatic carbocycles. The number of morpholine rings is 1. The highest BCUT2D eigenvalue weighted by Gasteiger charge is 2.23. The van der Waals surface area contributed by atoms with Crippen LogP contribution in [0, 0.1) is 0 Å². The zero-order valence-electron chi connectivity index (χ0n) is 15.8. The van der Waals surface area contributed by atoms with Crippen LogP contribution >= 0.6 is 22.9 Å². The highest BCUT2D eigenvalue weighted by atomic mass is 35.5. The Morgan fingerprint density at radius 2 is 1.96 bits per heavy atom. The number of nitrogens with zero attached hydrogens (tertiary/aromatic N) is 1. The molecule has 5 nitrogen and oxygen atoms in total. The third-order valence-electron chi connectivity index (χ3n) is 4.54. The van der Waals surface area contributed by atoms with Gasteiger partial charge >= 0.3 is 0 Å². The molecule has 2 aromatic rings. The summed E-state index contributed by atoms with van der Waals surface area (Å²) < 4.78 is 5.44. The lowest BCUT2D eigenvalue weighted by atomic mass is 9.88. The minimum Gasteiger partial charge on any atom is -0.400 e. The Morgan fingerprint density at radius 3 is 2.56 bits per heavy atom. The average molecular weight is 411 g/mol. The van der Waals surface area contributed by atoms with Crippen molar-refractivity contribution in [3.63, 3.8) is 0 Å². The second kappa shape index (κ2) is 11.4. The number of carbonyl (C=O) groups excluding carboxylic acids is 1. The Labute approximate surface area is 169 Å². The number of aliphatic hydroxyl groups is 1. The van der Waals surface area contributed by atoms with E-state index in [0.717, 1.165) is 73.1 Å². The molecular formula is C20H27ClN2O3S. The van der Waals surface area contributed by atoms with Crippen LogP contribution < -0.4 is 10.2 Å². The maximum atomic E-state index is 11.7. The lowest BCUT2D eigenvalue weighted by Gasteiger charge is -2.27. The van der Waals surface area contributed by atoms with Crippen molar-refractivity contribution in [1.82, 2.24) is 5.32 Å². The summed E-state index contributed by atoms with van der Waals surface area (Å²) >= 11 is 7.63. The fourth-order valence-electron chi connectivity index (χ4n) is 3.19. The van der Waals surface area contributed by atoms with Crippen molar-refractivity contribution < 1.29 is 14.6 Å². The van der Waals surface area contributed by atoms with Crippen molar-refractivity contribution in [1.29, 1.82) is 0 Å². The van der Waals surface area contributed by atoms with E-state index in [1.165, 1.54) is 5.56 Å². The van der Waals surface area contributed by atoms with Gasteiger partial charge in [0, 0.05) is 31.1 Å². The summed E-state index contributed by atoms with van der Waals surface area (Å²) in [5.74, 6) is 0.177. The number of nitrogens with one attached hydrogen (secondary N) is 1. The molecule has 0 spiro atoms. The van der Waals surface area contributed by atoms with Gasteiger partial charge in [-0.1, -0.05) is 23.7 Å². The predicted octanol–water partition coefficient (Wildman–Crippen LogP) is 3.40. The summed E-state index contributed by atoms with van der Waals surface area (Å²) in [5, 5.41) is 12.1. The molecule has 1 aliphatic heterocycles. The van der Waals surface area contributed by atoms with Gasteiger partial charge in [0.1, 0.15) is 0 Å². The Hall–Kier alpha value is -1.44. The number of ether oxygens (including phenoxy) is 1. The lowest BCUT2D eigenvalue weighted by molar-refractivity contribution is 0.112. The lowest BCUT2D eigenvalue weighted by Crippen LogP contribution is -2.35. The number of hydrogen-bond donors (Lipinski definition) is 2. The van der Waals surface area contributed by atoms with Gasteiger partial charge in [-0.3, -0.25) is 4.79 Å². The molecule has 0 radical (unpaired) electrons. The highest BCUT2D eigenvalue weighted by Crippen LogP contribution is 2.38. The number of thiophene rings is 1. The number of rotatable bonds is 7. The largest absolute Gasteiger partial charge is 0.400 e. The van der Waals surface area contributed by atoms with Gasteiger partial charge in [-0.2, -0.15) is 0 Å². The number of aliphatic hydroxyl groups excluding tert-OH is 1. The molecule has 0 amide bonds. The van der Waals surface area contributed by atoms with E-state index in [-0.39, 0.29) is 5.92 Å². The summed E-state index contributed by atoms with van der Waals surface area (Å²) in [5.41, 5.74) is 2.30. The molecule has 0 saturated carbocycles. The number of hydrogen-bond acceptors (Lipinski definition) is 6. The van der Waals surface area contributed by atoms with Crippen LogP contribution in [0.5, 0.6) is 0 Å². The molecule has 1 aliphatic rings. The van der Waals surface area contributed by atoms with E-state index < -0.39 is 0 Å². The average Bonchev–Trinajstić information content (AvgIpc) is 3.16. The van der Waals surface area contributed by atoms with E-state index in [4.69, 9.17) is 21.4 Å². The SMILES string of the molecule is CNCCC(c1ccc(Cl)cc1)c1cc(N2CCOCC2)sc1C=O.CO. The number of benzene rings is 1. The van der Waals surface area contributed by atoms with Crippen LogP contribution in [0.1, 0.15) is 33.1 Å². The first-order valence-corrected chi connectivity index (χ1v) is 10.2. The standard InChI is InChI=1S/C19H23ClN2O2S.CH4O/c1-21-7-6-16(14-2-4-15(20)5-3-14)17-12-19(25-18(17)13-23)22-8-10-24-11-9-22;1-2/h2-5,12-13,16,21H,6-11H2,1H3;2H,1H3. The van der Waals surface area contributed by atoms with Gasteiger partial charge in [-0.05, 0) is 49.3 Å². The first-order chi connectivity index (χ1) is 13.2. The molecule has 7 heteroatoms. The second-order valence-electron chi connectivity index (χ2n) is 6.12. The molecule has 1 atom stereocenters. The first kappa shape index (κ1) is 21.9. The molecular weight excluding hydrogens is 384 g/mol. The third kappa shape index (κ3) is 5.77. The van der Waals surface area contributed by atoms with Crippen LogP contribution in [-0.4, -0.2) is 58.4 Å². The van der Waals surface area contributed by atoms with Gasteiger partial charge in [0.15, 0.2) is 6.29 Å². The van der Waals surface area contributed by atoms with Crippen molar-refractivity contribution >= 4 is 34.2 Å². The molecule has 0 bridgehead atoms. The number of aldehydes is 1. The van der Waals surface area contributed by atoms with Gasteiger partial charge < -0.3 is 20.1 Å². The zero-order valence-corrected chi connectivity index (χ0v) is 17.4. The summed E-state index contributed by atoms with van der Waals surface area (Å²) in [6.07, 6.45) is 1.92. The third-order valence-corrected chi connectivity index (χ3v) is 5.93. The van der Waals surface area contributed by atoms with E-state index in [1.54, 1.807) is 11.3 Å². The Morgan fingerprint density at radius 1 is 1.30 bits per heavy atom. The van der Waals surface area contributed by atoms with E-state index in [9.17, 15) is 4.79 Å². The van der Waals surface area contributed by atoms with Crippen LogP contribution in [0.15, 0.2) is 30.3 Å². The Balaban J connectivity index is 0.00000126. The highest BCUT2D eigenvalue weighted by molar-refractivity contribution is 7.17. The molecule has 27 heavy (non-hydrogen) atoms. The predicted molar refractivity (Wildman–Crippen MR) is 113 cm³/mol. The number of halogens is 1. The van der Waals surface area contributed by atoms with E-state index >= 15 is 0 Å². The summed E-state index contributed by atoms with van der Waals surface area (Å²) in [7, 11) is 2.95. The maximum absolute atomic E-state index is 11.7. The van der Waals surface area contributed by atoms with E-state index in [1.807, 2.05) is 19.2 Å². The van der Waals surface area contributed by atoms with Crippen molar-refractivity contribution in [3.05, 3.63) is 51.4 Å². The Kier molecular flexibility index (Phi) is 9.24. The molecule has 1 unspecified atom stereocenters. The van der Waals surface area contributed by atoms with Crippen molar-refractivity contribution in [3.8, 4) is 0 Å². The second-order valence-corrected chi connectivity index (χ2v) is 7.62. The summed E-state index contributed by atoms with van der Waals surface area (Å²) in [6.45, 7) is 4.11. The van der Waals surface area contributed by atoms with Crippen LogP contribution in [0.3, 0.4) is 0 Å². The maximum Gasteiger partial charge on any atom is 0.160 e. The van der Waals surface area contributed by atoms with Crippen LogP contribution in [0.4, 0.5) is 5.00 Å². The van der Waals surface area contributed by atoms with E-state index in [0.29, 0.717) is 0 Å². The molecule has 1 aromatic heterocycles. The molecule has 3 rings (SSSR count). The molecule has 2 N–H and O–H groups in total. The number of anilines is 1. The van der Waals surface area contributed by atoms with Crippen molar-refractivity contribution in [2.24, 2.45) is 0 Å². The number of carbonyl (C=O) groups is 1. The molecule has 148 valence electrons. The van der Waals surface area contributed by atoms with Crippen LogP contribution in [0.25, 0.3) is 0 Å². The minimum absolute atomic E-state index is 0.177. The minimum atomic E-state index is 0.177. The molecule has 1 saturated heterocycles. The van der Waals surface area contributed by atoms with Crippen molar-refractivity contribution in [2.45, 2.75) is 12.3 Å². The van der Waals surface area contributed by atoms with Crippen LogP contribution in [0.2, 0.25) is 5.02 Å². The molecule has 1 aromatic carbocycles. The summed E-state index contributed by atoms with van der Waals surface area (Å²) in [4.78, 5) is 14.8. The molecule has 2 heterocycles. The normalized spacial score (nSPS) is 15.0. The molecule has 1 fully saturated rings. The Bertz CT molecular complexity index is 700. The van der Waals surface area contributed by atoms with Crippen molar-refractivity contribution in [2.75, 3.05) is 51.9 Å². The van der Waals surface area contributed by atoms with Gasteiger partial charge in [-0.25, -0.2) is 0 Å². The van der Waals surface area contributed by atoms with Gasteiger partial charge in [0.25, 0.3) is 0 Å². The first-order valence-electron chi connectivity index (χ1n) is 8.99. The fraction of sp³-hybridized carbons (Fsp3) is 0.450. The zero-order chi connectivity index (χ0) is 19.6.